The van der Waals surface area contributed by atoms with Crippen molar-refractivity contribution >= 4 is 11.8 Å². The van der Waals surface area contributed by atoms with Gasteiger partial charge in [-0.3, -0.25) is 0 Å². The smallest absolute Gasteiger partial charge is 0.119 e. The fraction of sp³-hybridized carbons (Fsp3) is 0.739. The molecule has 0 radical (unpaired) electrons. The van der Waals surface area contributed by atoms with Crippen LogP contribution in [0.15, 0.2) is 29.2 Å². The third-order valence-electron chi connectivity index (χ3n) is 4.61. The summed E-state index contributed by atoms with van der Waals surface area (Å²) in [6.45, 7) is 5.40. The fourth-order valence-electron chi connectivity index (χ4n) is 2.95. The molecular formula is C23H40OS. The molecule has 0 bridgehead atoms. The van der Waals surface area contributed by atoms with Crippen molar-refractivity contribution in [3.8, 4) is 5.75 Å². The molecule has 0 spiro atoms. The average molecular weight is 365 g/mol. The number of hydrogen-bond donors (Lipinski definition) is 0. The molecular weight excluding hydrogens is 324 g/mol. The summed E-state index contributed by atoms with van der Waals surface area (Å²) in [4.78, 5) is 1.36. The van der Waals surface area contributed by atoms with Crippen molar-refractivity contribution in [2.24, 2.45) is 0 Å². The molecule has 0 saturated carbocycles. The Labute approximate surface area is 161 Å². The van der Waals surface area contributed by atoms with Gasteiger partial charge in [-0.05, 0) is 42.9 Å². The van der Waals surface area contributed by atoms with E-state index >= 15 is 0 Å². The minimum atomic E-state index is 0.861. The first-order valence-electron chi connectivity index (χ1n) is 10.7. The topological polar surface area (TPSA) is 9.23 Å². The van der Waals surface area contributed by atoms with Gasteiger partial charge in [0, 0.05) is 4.90 Å². The molecule has 1 aromatic rings. The second kappa shape index (κ2) is 16.8. The van der Waals surface area contributed by atoms with Gasteiger partial charge in [0.1, 0.15) is 5.75 Å². The zero-order valence-electron chi connectivity index (χ0n) is 16.7. The Morgan fingerprint density at radius 1 is 0.640 bits per heavy atom. The van der Waals surface area contributed by atoms with Crippen LogP contribution in [-0.2, 0) is 0 Å². The van der Waals surface area contributed by atoms with E-state index in [4.69, 9.17) is 4.74 Å². The van der Waals surface area contributed by atoms with Gasteiger partial charge in [0.25, 0.3) is 0 Å². The van der Waals surface area contributed by atoms with Crippen molar-refractivity contribution in [1.82, 2.24) is 0 Å². The maximum absolute atomic E-state index is 5.87. The van der Waals surface area contributed by atoms with E-state index in [9.17, 15) is 0 Å². The zero-order valence-corrected chi connectivity index (χ0v) is 17.5. The Kier molecular flexibility index (Phi) is 15.1. The molecule has 1 aromatic carbocycles. The maximum Gasteiger partial charge on any atom is 0.119 e. The average Bonchev–Trinajstić information content (AvgIpc) is 2.64. The van der Waals surface area contributed by atoms with E-state index in [1.54, 1.807) is 0 Å². The molecule has 1 rings (SSSR count). The van der Waals surface area contributed by atoms with Crippen LogP contribution >= 0.6 is 11.8 Å². The Hall–Kier alpha value is -0.630. The quantitative estimate of drug-likeness (QED) is 0.203. The summed E-state index contributed by atoms with van der Waals surface area (Å²) in [5, 5.41) is 0. The summed E-state index contributed by atoms with van der Waals surface area (Å²) in [6.07, 6.45) is 17.7. The highest BCUT2D eigenvalue weighted by molar-refractivity contribution is 7.99. The molecule has 0 N–H and O–H groups in total. The predicted molar refractivity (Wildman–Crippen MR) is 114 cm³/mol. The monoisotopic (exact) mass is 364 g/mol. The van der Waals surface area contributed by atoms with E-state index in [1.165, 1.54) is 94.1 Å². The van der Waals surface area contributed by atoms with E-state index in [2.05, 4.69) is 38.1 Å². The normalized spacial score (nSPS) is 11.0. The van der Waals surface area contributed by atoms with E-state index in [-0.39, 0.29) is 0 Å². The van der Waals surface area contributed by atoms with Crippen LogP contribution < -0.4 is 4.74 Å². The molecule has 0 heterocycles. The maximum atomic E-state index is 5.87. The van der Waals surface area contributed by atoms with Gasteiger partial charge in [-0.25, -0.2) is 0 Å². The summed E-state index contributed by atoms with van der Waals surface area (Å²) in [5.74, 6) is 2.25. The van der Waals surface area contributed by atoms with Crippen molar-refractivity contribution in [2.45, 2.75) is 102 Å². The highest BCUT2D eigenvalue weighted by Crippen LogP contribution is 2.23. The number of ether oxygens (including phenoxy) is 1. The van der Waals surface area contributed by atoms with Crippen molar-refractivity contribution in [1.29, 1.82) is 0 Å². The number of hydrogen-bond acceptors (Lipinski definition) is 2. The lowest BCUT2D eigenvalue weighted by atomic mass is 10.1. The zero-order chi connectivity index (χ0) is 18.0. The highest BCUT2D eigenvalue weighted by atomic mass is 32.2. The van der Waals surface area contributed by atoms with Crippen molar-refractivity contribution in [3.63, 3.8) is 0 Å². The fourth-order valence-corrected chi connectivity index (χ4v) is 3.87. The van der Waals surface area contributed by atoms with E-state index < -0.39 is 0 Å². The summed E-state index contributed by atoms with van der Waals surface area (Å²) in [7, 11) is 0. The lowest BCUT2D eigenvalue weighted by Gasteiger charge is -2.07. The van der Waals surface area contributed by atoms with Crippen LogP contribution in [0.5, 0.6) is 5.75 Å². The second-order valence-electron chi connectivity index (χ2n) is 7.06. The van der Waals surface area contributed by atoms with Gasteiger partial charge in [0.2, 0.25) is 0 Å². The highest BCUT2D eigenvalue weighted by Gasteiger charge is 1.98. The summed E-state index contributed by atoms with van der Waals surface area (Å²) < 4.78 is 5.87. The molecule has 2 heteroatoms. The van der Waals surface area contributed by atoms with Crippen LogP contribution in [0, 0.1) is 0 Å². The van der Waals surface area contributed by atoms with Crippen LogP contribution in [0.25, 0.3) is 0 Å². The summed E-state index contributed by atoms with van der Waals surface area (Å²) in [5.41, 5.74) is 0. The minimum Gasteiger partial charge on any atom is -0.494 e. The third kappa shape index (κ3) is 13.3. The molecule has 0 unspecified atom stereocenters. The molecule has 25 heavy (non-hydrogen) atoms. The Bertz CT molecular complexity index is 388. The molecule has 0 aromatic heterocycles. The molecule has 0 fully saturated rings. The molecule has 0 aliphatic carbocycles. The Morgan fingerprint density at radius 2 is 1.16 bits per heavy atom. The summed E-state index contributed by atoms with van der Waals surface area (Å²) >= 11 is 1.96. The molecule has 0 aliphatic heterocycles. The second-order valence-corrected chi connectivity index (χ2v) is 8.23. The molecule has 144 valence electrons. The van der Waals surface area contributed by atoms with E-state index in [1.807, 2.05) is 11.8 Å². The van der Waals surface area contributed by atoms with E-state index in [0.29, 0.717) is 0 Å². The van der Waals surface area contributed by atoms with Crippen LogP contribution in [-0.4, -0.2) is 12.4 Å². The van der Waals surface area contributed by atoms with Crippen molar-refractivity contribution in [2.75, 3.05) is 12.4 Å². The van der Waals surface area contributed by atoms with Crippen LogP contribution in [0.4, 0.5) is 0 Å². The SMILES string of the molecule is CCCCCCCCCCCCOc1ccc(SCCCCC)cc1. The number of thioether (sulfide) groups is 1. The van der Waals surface area contributed by atoms with Crippen molar-refractivity contribution < 1.29 is 4.74 Å². The standard InChI is InChI=1S/C23H40OS/c1-3-5-7-8-9-10-11-12-13-14-20-24-22-16-18-23(19-17-22)25-21-15-6-4-2/h16-19H,3-15,20-21H2,1-2H3. The molecule has 1 nitrogen and oxygen atoms in total. The van der Waals surface area contributed by atoms with E-state index in [0.717, 1.165) is 12.4 Å². The first-order valence-corrected chi connectivity index (χ1v) is 11.7. The van der Waals surface area contributed by atoms with Gasteiger partial charge < -0.3 is 4.74 Å². The van der Waals surface area contributed by atoms with Gasteiger partial charge in [0.15, 0.2) is 0 Å². The van der Waals surface area contributed by atoms with Gasteiger partial charge in [-0.15, -0.1) is 11.8 Å². The lowest BCUT2D eigenvalue weighted by molar-refractivity contribution is 0.304. The molecule has 0 aliphatic rings. The predicted octanol–water partition coefficient (Wildman–Crippen LogP) is 8.27. The van der Waals surface area contributed by atoms with Gasteiger partial charge >= 0.3 is 0 Å². The van der Waals surface area contributed by atoms with Gasteiger partial charge in [-0.2, -0.15) is 0 Å². The largest absolute Gasteiger partial charge is 0.494 e. The third-order valence-corrected chi connectivity index (χ3v) is 5.71. The first-order chi connectivity index (χ1) is 12.4. The minimum absolute atomic E-state index is 0.861. The van der Waals surface area contributed by atoms with Gasteiger partial charge in [0.05, 0.1) is 6.61 Å². The number of benzene rings is 1. The van der Waals surface area contributed by atoms with Crippen LogP contribution in [0.1, 0.15) is 97.3 Å². The molecule has 0 atom stereocenters. The van der Waals surface area contributed by atoms with Crippen molar-refractivity contribution in [3.05, 3.63) is 24.3 Å². The molecule has 0 saturated heterocycles. The Balaban J connectivity index is 1.94. The first kappa shape index (κ1) is 22.4. The number of rotatable bonds is 17. The summed E-state index contributed by atoms with van der Waals surface area (Å²) in [6, 6.07) is 8.64. The lowest BCUT2D eigenvalue weighted by Crippen LogP contribution is -1.97. The molecule has 0 amide bonds. The van der Waals surface area contributed by atoms with Crippen LogP contribution in [0.2, 0.25) is 0 Å². The number of unbranched alkanes of at least 4 members (excludes halogenated alkanes) is 11. The van der Waals surface area contributed by atoms with Crippen LogP contribution in [0.3, 0.4) is 0 Å². The van der Waals surface area contributed by atoms with Gasteiger partial charge in [-0.1, -0.05) is 84.5 Å². The Morgan fingerprint density at radius 3 is 1.76 bits per heavy atom.